The normalized spacial score (nSPS) is 11.5. The van der Waals surface area contributed by atoms with E-state index >= 15 is 0 Å². The molecule has 0 aliphatic heterocycles. The topological polar surface area (TPSA) is 54.5 Å². The molecular weight excluding hydrogens is 274 g/mol. The number of hydrogen-bond acceptors (Lipinski definition) is 3. The Morgan fingerprint density at radius 1 is 1.05 bits per heavy atom. The molecule has 0 unspecified atom stereocenters. The Kier molecular flexibility index (Phi) is 4.09. The van der Waals surface area contributed by atoms with Crippen LogP contribution in [0.25, 0.3) is 10.8 Å². The van der Waals surface area contributed by atoms with Crippen LogP contribution in [0.15, 0.2) is 36.4 Å². The highest BCUT2D eigenvalue weighted by atomic mass is 32.2. The smallest absolute Gasteiger partial charge is 0.234 e. The standard InChI is InChI=1S/C15H17NO3S/c1-3-16(20(18,19)4-2)15-10-9-12(11-17)13-7-5-6-8-14(13)15/h5-11H,3-4H2,1-2H3. The number of hydrogen-bond donors (Lipinski definition) is 0. The predicted molar refractivity (Wildman–Crippen MR) is 81.8 cm³/mol. The van der Waals surface area contributed by atoms with Crippen molar-refractivity contribution < 1.29 is 13.2 Å². The molecule has 0 aliphatic rings. The van der Waals surface area contributed by atoms with Gasteiger partial charge in [-0.2, -0.15) is 0 Å². The largest absolute Gasteiger partial charge is 0.298 e. The van der Waals surface area contributed by atoms with Crippen LogP contribution in [0.3, 0.4) is 0 Å². The van der Waals surface area contributed by atoms with E-state index in [0.29, 0.717) is 17.8 Å². The highest BCUT2D eigenvalue weighted by Gasteiger charge is 2.21. The molecule has 0 saturated heterocycles. The minimum Gasteiger partial charge on any atom is -0.298 e. The molecule has 5 heteroatoms. The Morgan fingerprint density at radius 3 is 2.25 bits per heavy atom. The molecule has 0 bridgehead atoms. The van der Waals surface area contributed by atoms with Crippen molar-refractivity contribution in [1.29, 1.82) is 0 Å². The van der Waals surface area contributed by atoms with Gasteiger partial charge in [0.05, 0.1) is 11.4 Å². The molecule has 4 nitrogen and oxygen atoms in total. The lowest BCUT2D eigenvalue weighted by atomic mass is 10.0. The molecule has 0 aromatic heterocycles. The first-order valence-electron chi connectivity index (χ1n) is 6.52. The van der Waals surface area contributed by atoms with Gasteiger partial charge in [0.1, 0.15) is 0 Å². The van der Waals surface area contributed by atoms with E-state index in [1.807, 2.05) is 24.3 Å². The van der Waals surface area contributed by atoms with Crippen LogP contribution in [0.4, 0.5) is 5.69 Å². The van der Waals surface area contributed by atoms with E-state index in [1.54, 1.807) is 26.0 Å². The number of benzene rings is 2. The molecular formula is C15H17NO3S. The van der Waals surface area contributed by atoms with Gasteiger partial charge < -0.3 is 0 Å². The lowest BCUT2D eigenvalue weighted by molar-refractivity contribution is 0.112. The maximum atomic E-state index is 12.2. The monoisotopic (exact) mass is 291 g/mol. The van der Waals surface area contributed by atoms with Crippen molar-refractivity contribution in [1.82, 2.24) is 0 Å². The van der Waals surface area contributed by atoms with Crippen LogP contribution in [0.1, 0.15) is 24.2 Å². The first kappa shape index (κ1) is 14.5. The summed E-state index contributed by atoms with van der Waals surface area (Å²) in [5.74, 6) is 0.0462. The zero-order valence-corrected chi connectivity index (χ0v) is 12.4. The van der Waals surface area contributed by atoms with Gasteiger partial charge in [-0.15, -0.1) is 0 Å². The summed E-state index contributed by atoms with van der Waals surface area (Å²) < 4.78 is 25.8. The lowest BCUT2D eigenvalue weighted by Crippen LogP contribution is -2.32. The first-order valence-corrected chi connectivity index (χ1v) is 8.13. The molecule has 2 aromatic carbocycles. The minimum absolute atomic E-state index is 0.0462. The molecule has 20 heavy (non-hydrogen) atoms. The molecule has 0 radical (unpaired) electrons. The Morgan fingerprint density at radius 2 is 1.70 bits per heavy atom. The van der Waals surface area contributed by atoms with Crippen LogP contribution in [0.5, 0.6) is 0 Å². The van der Waals surface area contributed by atoms with E-state index < -0.39 is 10.0 Å². The third-order valence-electron chi connectivity index (χ3n) is 3.32. The fraction of sp³-hybridized carbons (Fsp3) is 0.267. The number of fused-ring (bicyclic) bond motifs is 1. The minimum atomic E-state index is -3.33. The third kappa shape index (κ3) is 2.41. The maximum absolute atomic E-state index is 12.2. The second-order valence-corrected chi connectivity index (χ2v) is 6.58. The van der Waals surface area contributed by atoms with Crippen molar-refractivity contribution in [2.24, 2.45) is 0 Å². The summed E-state index contributed by atoms with van der Waals surface area (Å²) in [6.45, 7) is 3.79. The van der Waals surface area contributed by atoms with Crippen molar-refractivity contribution in [2.45, 2.75) is 13.8 Å². The summed E-state index contributed by atoms with van der Waals surface area (Å²) >= 11 is 0. The summed E-state index contributed by atoms with van der Waals surface area (Å²) in [4.78, 5) is 11.1. The Bertz CT molecular complexity index is 738. The third-order valence-corrected chi connectivity index (χ3v) is 5.17. The van der Waals surface area contributed by atoms with Gasteiger partial charge in [0.2, 0.25) is 10.0 Å². The van der Waals surface area contributed by atoms with E-state index in [9.17, 15) is 13.2 Å². The molecule has 106 valence electrons. The summed E-state index contributed by atoms with van der Waals surface area (Å²) in [5.41, 5.74) is 1.19. The van der Waals surface area contributed by atoms with Gasteiger partial charge in [0.25, 0.3) is 0 Å². The van der Waals surface area contributed by atoms with Crippen LogP contribution >= 0.6 is 0 Å². The van der Waals surface area contributed by atoms with Crippen LogP contribution in [-0.4, -0.2) is 27.0 Å². The van der Waals surface area contributed by atoms with Crippen molar-refractivity contribution in [3.63, 3.8) is 0 Å². The average molecular weight is 291 g/mol. The molecule has 0 fully saturated rings. The van der Waals surface area contributed by atoms with Crippen LogP contribution in [0, 0.1) is 0 Å². The molecule has 0 heterocycles. The molecule has 0 atom stereocenters. The van der Waals surface area contributed by atoms with E-state index in [0.717, 1.165) is 17.1 Å². The van der Waals surface area contributed by atoms with Gasteiger partial charge in [-0.05, 0) is 31.4 Å². The SMILES string of the molecule is CCN(c1ccc(C=O)c2ccccc12)S(=O)(=O)CC. The van der Waals surface area contributed by atoms with Crippen LogP contribution in [-0.2, 0) is 10.0 Å². The van der Waals surface area contributed by atoms with Crippen LogP contribution in [0.2, 0.25) is 0 Å². The summed E-state index contributed by atoms with van der Waals surface area (Å²) in [5, 5.41) is 1.54. The van der Waals surface area contributed by atoms with Gasteiger partial charge >= 0.3 is 0 Å². The molecule has 2 aromatic rings. The van der Waals surface area contributed by atoms with Crippen molar-refractivity contribution in [3.05, 3.63) is 42.0 Å². The number of carbonyl (C=O) groups is 1. The van der Waals surface area contributed by atoms with Gasteiger partial charge in [-0.3, -0.25) is 9.10 Å². The van der Waals surface area contributed by atoms with Gasteiger partial charge in [0.15, 0.2) is 6.29 Å². The van der Waals surface area contributed by atoms with E-state index in [1.165, 1.54) is 4.31 Å². The second kappa shape index (κ2) is 5.63. The molecule has 0 aliphatic carbocycles. The summed E-state index contributed by atoms with van der Waals surface area (Å²) in [6, 6.07) is 10.7. The van der Waals surface area contributed by atoms with Crippen molar-refractivity contribution in [2.75, 3.05) is 16.6 Å². The predicted octanol–water partition coefficient (Wildman–Crippen LogP) is 2.83. The maximum Gasteiger partial charge on any atom is 0.234 e. The Hall–Kier alpha value is -1.88. The lowest BCUT2D eigenvalue weighted by Gasteiger charge is -2.24. The Labute approximate surface area is 119 Å². The van der Waals surface area contributed by atoms with Crippen LogP contribution < -0.4 is 4.31 Å². The summed E-state index contributed by atoms with van der Waals surface area (Å²) in [6.07, 6.45) is 0.788. The number of rotatable bonds is 5. The zero-order valence-electron chi connectivity index (χ0n) is 11.5. The second-order valence-electron chi connectivity index (χ2n) is 4.40. The average Bonchev–Trinajstić information content (AvgIpc) is 2.48. The number of anilines is 1. The molecule has 0 N–H and O–H groups in total. The van der Waals surface area contributed by atoms with Gasteiger partial charge in [0, 0.05) is 17.5 Å². The van der Waals surface area contributed by atoms with Crippen molar-refractivity contribution in [3.8, 4) is 0 Å². The number of aldehydes is 1. The highest BCUT2D eigenvalue weighted by Crippen LogP contribution is 2.30. The van der Waals surface area contributed by atoms with Crippen molar-refractivity contribution >= 4 is 32.8 Å². The zero-order chi connectivity index (χ0) is 14.8. The summed E-state index contributed by atoms with van der Waals surface area (Å²) in [7, 11) is -3.33. The van der Waals surface area contributed by atoms with E-state index in [-0.39, 0.29) is 5.75 Å². The number of sulfonamides is 1. The number of carbonyl (C=O) groups excluding carboxylic acids is 1. The molecule has 0 amide bonds. The Balaban J connectivity index is 2.75. The molecule has 2 rings (SSSR count). The quantitative estimate of drug-likeness (QED) is 0.796. The fourth-order valence-electron chi connectivity index (χ4n) is 2.30. The van der Waals surface area contributed by atoms with Gasteiger partial charge in [-0.25, -0.2) is 8.42 Å². The fourth-order valence-corrected chi connectivity index (χ4v) is 3.46. The highest BCUT2D eigenvalue weighted by molar-refractivity contribution is 7.92. The molecule has 0 saturated carbocycles. The molecule has 0 spiro atoms. The number of nitrogens with zero attached hydrogens (tertiary/aromatic N) is 1. The van der Waals surface area contributed by atoms with Gasteiger partial charge in [-0.1, -0.05) is 24.3 Å². The van der Waals surface area contributed by atoms with E-state index in [2.05, 4.69) is 0 Å². The van der Waals surface area contributed by atoms with E-state index in [4.69, 9.17) is 0 Å². The first-order chi connectivity index (χ1) is 9.55.